The number of nitrogens with zero attached hydrogens (tertiary/aromatic N) is 1. The monoisotopic (exact) mass is 255 g/mol. The molecule has 1 aromatic carbocycles. The molecule has 0 aromatic heterocycles. The van der Waals surface area contributed by atoms with Crippen LogP contribution >= 0.6 is 0 Å². The predicted molar refractivity (Wildman–Crippen MR) is 66.1 cm³/mol. The lowest BCUT2D eigenvalue weighted by Gasteiger charge is -2.43. The molecule has 0 bridgehead atoms. The first-order chi connectivity index (χ1) is 8.54. The van der Waals surface area contributed by atoms with Crippen LogP contribution in [0.25, 0.3) is 0 Å². The van der Waals surface area contributed by atoms with Crippen LogP contribution in [0.15, 0.2) is 18.2 Å². The molecule has 0 aliphatic heterocycles. The molecule has 0 atom stereocenters. The fourth-order valence-electron chi connectivity index (χ4n) is 2.63. The molecule has 0 heterocycles. The van der Waals surface area contributed by atoms with Gasteiger partial charge in [-0.3, -0.25) is 0 Å². The van der Waals surface area contributed by atoms with Crippen molar-refractivity contribution in [2.75, 3.05) is 20.2 Å². The Hall–Kier alpha value is -1.00. The molecule has 1 aliphatic rings. The molecule has 18 heavy (non-hydrogen) atoms. The Bertz CT molecular complexity index is 413. The summed E-state index contributed by atoms with van der Waals surface area (Å²) >= 11 is 0. The minimum absolute atomic E-state index is 0.0292. The van der Waals surface area contributed by atoms with Crippen molar-refractivity contribution in [3.63, 3.8) is 0 Å². The Labute approximate surface area is 106 Å². The van der Waals surface area contributed by atoms with Crippen LogP contribution in [0.5, 0.6) is 0 Å². The Kier molecular flexibility index (Phi) is 3.97. The first-order valence-corrected chi connectivity index (χ1v) is 6.28. The highest BCUT2D eigenvalue weighted by Gasteiger charge is 2.37. The van der Waals surface area contributed by atoms with E-state index >= 15 is 0 Å². The molecule has 1 fully saturated rings. The predicted octanol–water partition coefficient (Wildman–Crippen LogP) is 2.56. The highest BCUT2D eigenvalue weighted by atomic mass is 19.1. The van der Waals surface area contributed by atoms with Crippen molar-refractivity contribution in [2.24, 2.45) is 5.41 Å². The van der Waals surface area contributed by atoms with Crippen molar-refractivity contribution in [3.05, 3.63) is 35.4 Å². The van der Waals surface area contributed by atoms with E-state index in [1.807, 2.05) is 11.9 Å². The number of hydrogen-bond acceptors (Lipinski definition) is 2. The fraction of sp³-hybridized carbons (Fsp3) is 0.571. The lowest BCUT2D eigenvalue weighted by Crippen LogP contribution is -2.43. The smallest absolute Gasteiger partial charge is 0.127 e. The summed E-state index contributed by atoms with van der Waals surface area (Å²) in [5, 5.41) is 9.39. The highest BCUT2D eigenvalue weighted by Crippen LogP contribution is 2.41. The quantitative estimate of drug-likeness (QED) is 0.874. The largest absolute Gasteiger partial charge is 0.396 e. The molecule has 2 nitrogen and oxygen atoms in total. The summed E-state index contributed by atoms with van der Waals surface area (Å²) in [6.45, 7) is 1.26. The Morgan fingerprint density at radius 1 is 1.33 bits per heavy atom. The molecular formula is C14H19F2NO. The average molecular weight is 255 g/mol. The van der Waals surface area contributed by atoms with Crippen LogP contribution in [0, 0.1) is 17.0 Å². The number of benzene rings is 1. The van der Waals surface area contributed by atoms with E-state index in [0.29, 0.717) is 12.1 Å². The standard InChI is InChI=1S/C14H19F2NO/c1-17(9-14(10-18)5-2-6-14)8-11-7-12(15)3-4-13(11)16/h3-4,7,18H,2,5-6,8-10H2,1H3. The van der Waals surface area contributed by atoms with Gasteiger partial charge in [0.1, 0.15) is 11.6 Å². The van der Waals surface area contributed by atoms with Gasteiger partial charge < -0.3 is 10.0 Å². The molecule has 100 valence electrons. The summed E-state index contributed by atoms with van der Waals surface area (Å²) in [5.74, 6) is -0.796. The van der Waals surface area contributed by atoms with Crippen molar-refractivity contribution in [1.82, 2.24) is 4.90 Å². The maximum atomic E-state index is 13.5. The maximum absolute atomic E-state index is 13.5. The van der Waals surface area contributed by atoms with Gasteiger partial charge in [-0.2, -0.15) is 0 Å². The third kappa shape index (κ3) is 2.87. The van der Waals surface area contributed by atoms with Crippen LogP contribution in [-0.2, 0) is 6.54 Å². The van der Waals surface area contributed by atoms with Gasteiger partial charge in [0.15, 0.2) is 0 Å². The van der Waals surface area contributed by atoms with Crippen LogP contribution in [0.3, 0.4) is 0 Å². The van der Waals surface area contributed by atoms with Crippen LogP contribution in [0.2, 0.25) is 0 Å². The van der Waals surface area contributed by atoms with Gasteiger partial charge in [-0.25, -0.2) is 8.78 Å². The zero-order chi connectivity index (χ0) is 13.2. The Morgan fingerprint density at radius 3 is 2.61 bits per heavy atom. The molecule has 0 spiro atoms. The molecular weight excluding hydrogens is 236 g/mol. The second kappa shape index (κ2) is 5.33. The lowest BCUT2D eigenvalue weighted by atomic mass is 9.69. The Morgan fingerprint density at radius 2 is 2.06 bits per heavy atom. The van der Waals surface area contributed by atoms with Gasteiger partial charge in [-0.05, 0) is 38.1 Å². The molecule has 2 rings (SSSR count). The molecule has 0 radical (unpaired) electrons. The summed E-state index contributed by atoms with van der Waals surface area (Å²) in [6.07, 6.45) is 3.17. The van der Waals surface area contributed by atoms with Gasteiger partial charge in [0, 0.05) is 30.7 Å². The topological polar surface area (TPSA) is 23.5 Å². The van der Waals surface area contributed by atoms with Crippen molar-refractivity contribution in [1.29, 1.82) is 0 Å². The summed E-state index contributed by atoms with van der Waals surface area (Å²) in [5.41, 5.74) is 0.336. The number of aliphatic hydroxyl groups excluding tert-OH is 1. The van der Waals surface area contributed by atoms with E-state index in [-0.39, 0.29) is 17.8 Å². The zero-order valence-electron chi connectivity index (χ0n) is 10.6. The summed E-state index contributed by atoms with van der Waals surface area (Å²) in [6, 6.07) is 3.52. The third-order valence-corrected chi connectivity index (χ3v) is 3.80. The fourth-order valence-corrected chi connectivity index (χ4v) is 2.63. The van der Waals surface area contributed by atoms with Gasteiger partial charge in [0.2, 0.25) is 0 Å². The van der Waals surface area contributed by atoms with Crippen molar-refractivity contribution in [3.8, 4) is 0 Å². The van der Waals surface area contributed by atoms with Crippen molar-refractivity contribution in [2.45, 2.75) is 25.8 Å². The van der Waals surface area contributed by atoms with Crippen LogP contribution in [0.1, 0.15) is 24.8 Å². The SMILES string of the molecule is CN(Cc1cc(F)ccc1F)CC1(CO)CCC1. The van der Waals surface area contributed by atoms with Crippen molar-refractivity contribution >= 4 is 0 Å². The number of hydrogen-bond donors (Lipinski definition) is 1. The van der Waals surface area contributed by atoms with E-state index in [0.717, 1.165) is 37.9 Å². The number of halogens is 2. The first kappa shape index (κ1) is 13.4. The molecule has 0 saturated heterocycles. The minimum Gasteiger partial charge on any atom is -0.396 e. The summed E-state index contributed by atoms with van der Waals surface area (Å²) < 4.78 is 26.6. The number of aliphatic hydroxyl groups is 1. The summed E-state index contributed by atoms with van der Waals surface area (Å²) in [4.78, 5) is 1.95. The van der Waals surface area contributed by atoms with E-state index < -0.39 is 5.82 Å². The molecule has 4 heteroatoms. The summed E-state index contributed by atoms with van der Waals surface area (Å²) in [7, 11) is 1.88. The lowest BCUT2D eigenvalue weighted by molar-refractivity contribution is 0.0125. The van der Waals surface area contributed by atoms with E-state index in [1.165, 1.54) is 6.07 Å². The maximum Gasteiger partial charge on any atom is 0.127 e. The molecule has 0 unspecified atom stereocenters. The highest BCUT2D eigenvalue weighted by molar-refractivity contribution is 5.18. The second-order valence-electron chi connectivity index (χ2n) is 5.42. The normalized spacial score (nSPS) is 17.8. The second-order valence-corrected chi connectivity index (χ2v) is 5.42. The van der Waals surface area contributed by atoms with Gasteiger partial charge in [-0.15, -0.1) is 0 Å². The molecule has 1 N–H and O–H groups in total. The van der Waals surface area contributed by atoms with Crippen LogP contribution in [-0.4, -0.2) is 30.2 Å². The molecule has 0 amide bonds. The van der Waals surface area contributed by atoms with Crippen LogP contribution in [0.4, 0.5) is 8.78 Å². The van der Waals surface area contributed by atoms with E-state index in [1.54, 1.807) is 0 Å². The third-order valence-electron chi connectivity index (χ3n) is 3.80. The van der Waals surface area contributed by atoms with Gasteiger partial charge in [-0.1, -0.05) is 6.42 Å². The first-order valence-electron chi connectivity index (χ1n) is 6.28. The molecule has 1 saturated carbocycles. The zero-order valence-corrected chi connectivity index (χ0v) is 10.6. The number of rotatable bonds is 5. The average Bonchev–Trinajstić information content (AvgIpc) is 2.28. The molecule has 1 aromatic rings. The van der Waals surface area contributed by atoms with Gasteiger partial charge >= 0.3 is 0 Å². The van der Waals surface area contributed by atoms with Crippen LogP contribution < -0.4 is 0 Å². The van der Waals surface area contributed by atoms with E-state index in [2.05, 4.69) is 0 Å². The Balaban J connectivity index is 1.98. The van der Waals surface area contributed by atoms with Gasteiger partial charge in [0.25, 0.3) is 0 Å². The van der Waals surface area contributed by atoms with E-state index in [9.17, 15) is 13.9 Å². The van der Waals surface area contributed by atoms with Gasteiger partial charge in [0.05, 0.1) is 0 Å². The molecule has 1 aliphatic carbocycles. The van der Waals surface area contributed by atoms with Crippen molar-refractivity contribution < 1.29 is 13.9 Å². The minimum atomic E-state index is -0.416. The van der Waals surface area contributed by atoms with E-state index in [4.69, 9.17) is 0 Å².